The van der Waals surface area contributed by atoms with Gasteiger partial charge in [-0.05, 0) is 61.0 Å². The van der Waals surface area contributed by atoms with Crippen LogP contribution in [0.2, 0.25) is 0 Å². The lowest BCUT2D eigenvalue weighted by molar-refractivity contribution is -0.132. The van der Waals surface area contributed by atoms with E-state index in [2.05, 4.69) is 31.4 Å². The number of aryl methyl sites for hydroxylation is 1. The van der Waals surface area contributed by atoms with Crippen molar-refractivity contribution in [3.05, 3.63) is 112 Å². The van der Waals surface area contributed by atoms with Crippen molar-refractivity contribution in [2.24, 2.45) is 5.10 Å². The largest absolute Gasteiger partial charge is 0.493 e. The fraction of sp³-hybridized carbons (Fsp3) is 0.0909. The number of carbonyl (C=O) groups is 3. The third-order valence-corrected chi connectivity index (χ3v) is 6.93. The maximum Gasteiger partial charge on any atom is 0.343 e. The minimum atomic E-state index is -0.672. The molecule has 1 heterocycles. The average Bonchev–Trinajstić information content (AvgIpc) is 3.37. The van der Waals surface area contributed by atoms with Crippen LogP contribution in [-0.2, 0) is 4.79 Å². The standard InChI is InChI=1S/C33H26BrN3O6/c1-19-9-12-26-25(15-19)30(21-7-5-4-6-8-21)31(36-26)32(39)37-35-18-23-16-24(34)11-14-27(23)43-33(40)22-10-13-28(42-20(2)38)29(17-22)41-3/h4-18,36H,1-3H3,(H,37,39). The average molecular weight is 640 g/mol. The van der Waals surface area contributed by atoms with E-state index < -0.39 is 17.8 Å². The normalized spacial score (nSPS) is 11.0. The SMILES string of the molecule is COc1cc(C(=O)Oc2ccc(Br)cc2C=NNC(=O)c2[nH]c3ccc(C)cc3c2-c2ccccc2)ccc1OC(C)=O. The molecule has 0 radical (unpaired) electrons. The molecule has 10 heteroatoms. The number of methoxy groups -OCH3 is 1. The lowest BCUT2D eigenvalue weighted by Crippen LogP contribution is -2.19. The molecule has 0 saturated heterocycles. The summed E-state index contributed by atoms with van der Waals surface area (Å²) in [6.07, 6.45) is 1.39. The molecule has 0 aliphatic carbocycles. The van der Waals surface area contributed by atoms with Crippen LogP contribution < -0.4 is 19.6 Å². The maximum atomic E-state index is 13.4. The Labute approximate surface area is 255 Å². The van der Waals surface area contributed by atoms with Gasteiger partial charge in [-0.3, -0.25) is 9.59 Å². The van der Waals surface area contributed by atoms with Crippen LogP contribution in [0.4, 0.5) is 0 Å². The predicted molar refractivity (Wildman–Crippen MR) is 167 cm³/mol. The van der Waals surface area contributed by atoms with Gasteiger partial charge in [0.25, 0.3) is 5.91 Å². The van der Waals surface area contributed by atoms with Crippen LogP contribution in [0.1, 0.15) is 38.9 Å². The zero-order valence-corrected chi connectivity index (χ0v) is 25.0. The Bertz CT molecular complexity index is 1880. The number of benzene rings is 4. The zero-order valence-electron chi connectivity index (χ0n) is 23.4. The lowest BCUT2D eigenvalue weighted by atomic mass is 10.0. The third-order valence-electron chi connectivity index (χ3n) is 6.44. The van der Waals surface area contributed by atoms with Gasteiger partial charge in [-0.1, -0.05) is 57.9 Å². The molecular formula is C33H26BrN3O6. The minimum Gasteiger partial charge on any atom is -0.493 e. The van der Waals surface area contributed by atoms with Crippen LogP contribution in [0, 0.1) is 6.92 Å². The number of aromatic amines is 1. The Morgan fingerprint density at radius 2 is 1.65 bits per heavy atom. The molecule has 9 nitrogen and oxygen atoms in total. The number of H-pyrrole nitrogens is 1. The number of ether oxygens (including phenoxy) is 3. The molecule has 0 aliphatic heterocycles. The van der Waals surface area contributed by atoms with E-state index >= 15 is 0 Å². The van der Waals surface area contributed by atoms with Crippen LogP contribution in [-0.4, -0.2) is 36.2 Å². The highest BCUT2D eigenvalue weighted by Gasteiger charge is 2.20. The third kappa shape index (κ3) is 6.65. The van der Waals surface area contributed by atoms with Crippen LogP contribution >= 0.6 is 15.9 Å². The molecule has 0 spiro atoms. The summed E-state index contributed by atoms with van der Waals surface area (Å²) < 4.78 is 16.7. The second kappa shape index (κ2) is 12.7. The quantitative estimate of drug-likeness (QED) is 0.0832. The van der Waals surface area contributed by atoms with E-state index in [-0.39, 0.29) is 22.8 Å². The van der Waals surface area contributed by atoms with Gasteiger partial charge in [-0.15, -0.1) is 0 Å². The summed E-state index contributed by atoms with van der Waals surface area (Å²) in [5.74, 6) is -1.03. The first-order chi connectivity index (χ1) is 20.7. The Morgan fingerprint density at radius 1 is 0.884 bits per heavy atom. The number of rotatable bonds is 8. The number of aromatic nitrogens is 1. The Kier molecular flexibility index (Phi) is 8.68. The van der Waals surface area contributed by atoms with Crippen molar-refractivity contribution in [2.45, 2.75) is 13.8 Å². The molecule has 5 aromatic rings. The van der Waals surface area contributed by atoms with E-state index in [4.69, 9.17) is 14.2 Å². The van der Waals surface area contributed by atoms with Crippen molar-refractivity contribution in [3.63, 3.8) is 0 Å². The van der Waals surface area contributed by atoms with E-state index in [0.717, 1.165) is 27.6 Å². The fourth-order valence-corrected chi connectivity index (χ4v) is 4.88. The van der Waals surface area contributed by atoms with Gasteiger partial charge in [0.1, 0.15) is 11.4 Å². The number of carbonyl (C=O) groups excluding carboxylic acids is 3. The molecule has 0 saturated carbocycles. The Hall–Kier alpha value is -5.22. The molecular weight excluding hydrogens is 614 g/mol. The molecule has 5 rings (SSSR count). The van der Waals surface area contributed by atoms with Gasteiger partial charge in [-0.2, -0.15) is 5.10 Å². The minimum absolute atomic E-state index is 0.175. The molecule has 0 bridgehead atoms. The van der Waals surface area contributed by atoms with E-state index in [9.17, 15) is 14.4 Å². The summed E-state index contributed by atoms with van der Waals surface area (Å²) in [6, 6.07) is 25.0. The molecule has 0 unspecified atom stereocenters. The number of fused-ring (bicyclic) bond motifs is 1. The van der Waals surface area contributed by atoms with Crippen molar-refractivity contribution >= 4 is 50.9 Å². The van der Waals surface area contributed by atoms with Crippen LogP contribution in [0.25, 0.3) is 22.0 Å². The number of nitrogens with one attached hydrogen (secondary N) is 2. The van der Waals surface area contributed by atoms with E-state index in [0.29, 0.717) is 15.7 Å². The van der Waals surface area contributed by atoms with Crippen molar-refractivity contribution in [1.29, 1.82) is 0 Å². The first kappa shape index (κ1) is 29.3. The van der Waals surface area contributed by atoms with Gasteiger partial charge in [0.05, 0.1) is 18.9 Å². The first-order valence-corrected chi connectivity index (χ1v) is 13.9. The van der Waals surface area contributed by atoms with Crippen molar-refractivity contribution in [2.75, 3.05) is 7.11 Å². The number of hydrogen-bond donors (Lipinski definition) is 2. The highest BCUT2D eigenvalue weighted by molar-refractivity contribution is 9.10. The first-order valence-electron chi connectivity index (χ1n) is 13.1. The lowest BCUT2D eigenvalue weighted by Gasteiger charge is -2.11. The summed E-state index contributed by atoms with van der Waals surface area (Å²) in [5, 5.41) is 5.09. The van der Waals surface area contributed by atoms with Gasteiger partial charge in [0.2, 0.25) is 0 Å². The molecule has 2 N–H and O–H groups in total. The number of halogens is 1. The van der Waals surface area contributed by atoms with E-state index in [1.54, 1.807) is 18.2 Å². The molecule has 43 heavy (non-hydrogen) atoms. The molecule has 0 atom stereocenters. The summed E-state index contributed by atoms with van der Waals surface area (Å²) in [5.41, 5.74) is 7.14. The second-order valence-corrected chi connectivity index (χ2v) is 10.4. The van der Waals surface area contributed by atoms with Gasteiger partial charge in [0.15, 0.2) is 11.5 Å². The molecule has 216 valence electrons. The summed E-state index contributed by atoms with van der Waals surface area (Å²) in [6.45, 7) is 3.27. The highest BCUT2D eigenvalue weighted by atomic mass is 79.9. The van der Waals surface area contributed by atoms with Crippen LogP contribution in [0.5, 0.6) is 17.2 Å². The maximum absolute atomic E-state index is 13.4. The van der Waals surface area contributed by atoms with Crippen molar-refractivity contribution in [3.8, 4) is 28.4 Å². The molecule has 1 aromatic heterocycles. The fourth-order valence-electron chi connectivity index (χ4n) is 4.50. The number of hydrogen-bond acceptors (Lipinski definition) is 7. The van der Waals surface area contributed by atoms with E-state index in [1.807, 2.05) is 55.5 Å². The van der Waals surface area contributed by atoms with Gasteiger partial charge in [-0.25, -0.2) is 10.2 Å². The number of hydrazone groups is 1. The van der Waals surface area contributed by atoms with Crippen molar-refractivity contribution < 1.29 is 28.6 Å². The number of esters is 2. The number of nitrogens with zero attached hydrogens (tertiary/aromatic N) is 1. The number of amides is 1. The Morgan fingerprint density at radius 3 is 2.40 bits per heavy atom. The monoisotopic (exact) mass is 639 g/mol. The van der Waals surface area contributed by atoms with Crippen LogP contribution in [0.15, 0.2) is 94.5 Å². The molecule has 1 amide bonds. The summed E-state index contributed by atoms with van der Waals surface area (Å²) in [4.78, 5) is 40.9. The molecule has 0 fully saturated rings. The summed E-state index contributed by atoms with van der Waals surface area (Å²) in [7, 11) is 1.40. The van der Waals surface area contributed by atoms with Crippen LogP contribution in [0.3, 0.4) is 0 Å². The Balaban J connectivity index is 1.38. The topological polar surface area (TPSA) is 119 Å². The predicted octanol–water partition coefficient (Wildman–Crippen LogP) is 6.82. The second-order valence-electron chi connectivity index (χ2n) is 9.52. The molecule has 0 aliphatic rings. The van der Waals surface area contributed by atoms with Gasteiger partial charge >= 0.3 is 11.9 Å². The van der Waals surface area contributed by atoms with E-state index in [1.165, 1.54) is 38.4 Å². The van der Waals surface area contributed by atoms with Gasteiger partial charge in [0, 0.05) is 33.4 Å². The smallest absolute Gasteiger partial charge is 0.343 e. The highest BCUT2D eigenvalue weighted by Crippen LogP contribution is 2.33. The molecule has 4 aromatic carbocycles. The van der Waals surface area contributed by atoms with Gasteiger partial charge < -0.3 is 19.2 Å². The summed E-state index contributed by atoms with van der Waals surface area (Å²) >= 11 is 3.42. The van der Waals surface area contributed by atoms with Crippen molar-refractivity contribution in [1.82, 2.24) is 10.4 Å². The zero-order chi connectivity index (χ0) is 30.5.